The Balaban J connectivity index is 3.60. The molecule has 0 aliphatic heterocycles. The van der Waals surface area contributed by atoms with E-state index in [1.807, 2.05) is 0 Å². The fourth-order valence-electron chi connectivity index (χ4n) is 1.52. The second-order valence-electron chi connectivity index (χ2n) is 4.80. The summed E-state index contributed by atoms with van der Waals surface area (Å²) in [5, 5.41) is 9.55. The summed E-state index contributed by atoms with van der Waals surface area (Å²) in [7, 11) is -2.08. The highest BCUT2D eigenvalue weighted by Crippen LogP contribution is 2.37. The van der Waals surface area contributed by atoms with Crippen molar-refractivity contribution in [1.82, 2.24) is 0 Å². The van der Waals surface area contributed by atoms with Gasteiger partial charge < -0.3 is 9.84 Å². The van der Waals surface area contributed by atoms with Crippen molar-refractivity contribution in [1.29, 1.82) is 0 Å². The number of aliphatic hydroxyl groups is 1. The third kappa shape index (κ3) is 2.96. The van der Waals surface area contributed by atoms with Gasteiger partial charge in [0.05, 0.1) is 18.7 Å². The number of hydrogen-bond donors (Lipinski definition) is 1. The number of aliphatic hydroxyl groups excluding tert-OH is 1. The Morgan fingerprint density at radius 1 is 1.39 bits per heavy atom. The van der Waals surface area contributed by atoms with Crippen LogP contribution in [0.25, 0.3) is 0 Å². The van der Waals surface area contributed by atoms with E-state index in [4.69, 9.17) is 16.3 Å². The van der Waals surface area contributed by atoms with Crippen LogP contribution in [-0.2, 0) is 15.3 Å². The molecule has 1 N–H and O–H groups in total. The minimum atomic E-state index is -3.45. The molecular formula is C12H17ClO4S. The van der Waals surface area contributed by atoms with Crippen molar-refractivity contribution in [2.24, 2.45) is 0 Å². The largest absolute Gasteiger partial charge is 0.494 e. The predicted molar refractivity (Wildman–Crippen MR) is 71.2 cm³/mol. The lowest BCUT2D eigenvalue weighted by atomic mass is 9.85. The van der Waals surface area contributed by atoms with Crippen molar-refractivity contribution in [2.75, 3.05) is 20.0 Å². The Morgan fingerprint density at radius 2 is 1.94 bits per heavy atom. The molecule has 0 atom stereocenters. The number of sulfone groups is 1. The van der Waals surface area contributed by atoms with Crippen molar-refractivity contribution in [2.45, 2.75) is 24.2 Å². The molecule has 0 radical (unpaired) electrons. The van der Waals surface area contributed by atoms with Crippen molar-refractivity contribution in [3.05, 3.63) is 22.7 Å². The van der Waals surface area contributed by atoms with Crippen LogP contribution in [-0.4, -0.2) is 33.5 Å². The molecule has 4 nitrogen and oxygen atoms in total. The summed E-state index contributed by atoms with van der Waals surface area (Å²) in [5.74, 6) is 0.136. The van der Waals surface area contributed by atoms with Gasteiger partial charge in [0.1, 0.15) is 4.90 Å². The second kappa shape index (κ2) is 5.07. The molecule has 0 saturated heterocycles. The fourth-order valence-corrected chi connectivity index (χ4v) is 2.75. The maximum Gasteiger partial charge on any atom is 0.179 e. The van der Waals surface area contributed by atoms with Crippen molar-refractivity contribution >= 4 is 21.4 Å². The number of rotatable bonds is 4. The van der Waals surface area contributed by atoms with Gasteiger partial charge in [0.25, 0.3) is 0 Å². The highest BCUT2D eigenvalue weighted by atomic mass is 35.5. The minimum Gasteiger partial charge on any atom is -0.494 e. The second-order valence-corrected chi connectivity index (χ2v) is 7.19. The van der Waals surface area contributed by atoms with Crippen molar-refractivity contribution in [3.8, 4) is 5.75 Å². The molecule has 1 aromatic carbocycles. The molecule has 102 valence electrons. The number of hydrogen-bond acceptors (Lipinski definition) is 4. The number of halogens is 1. The van der Waals surface area contributed by atoms with Crippen LogP contribution in [0.2, 0.25) is 5.02 Å². The smallest absolute Gasteiger partial charge is 0.179 e. The molecule has 0 fully saturated rings. The van der Waals surface area contributed by atoms with Gasteiger partial charge in [-0.15, -0.1) is 0 Å². The lowest BCUT2D eigenvalue weighted by molar-refractivity contribution is 0.218. The summed E-state index contributed by atoms with van der Waals surface area (Å²) >= 11 is 6.03. The van der Waals surface area contributed by atoms with Crippen molar-refractivity contribution < 1.29 is 18.3 Å². The van der Waals surface area contributed by atoms with Crippen LogP contribution in [0.15, 0.2) is 17.0 Å². The molecule has 1 rings (SSSR count). The molecule has 6 heteroatoms. The molecule has 0 aliphatic carbocycles. The predicted octanol–water partition coefficient (Wildman–Crippen LogP) is 2.02. The van der Waals surface area contributed by atoms with E-state index in [9.17, 15) is 13.5 Å². The lowest BCUT2D eigenvalue weighted by Crippen LogP contribution is -2.22. The first-order chi connectivity index (χ1) is 8.13. The van der Waals surface area contributed by atoms with Gasteiger partial charge in [-0.25, -0.2) is 8.42 Å². The van der Waals surface area contributed by atoms with Gasteiger partial charge in [-0.05, 0) is 17.7 Å². The normalized spacial score (nSPS) is 12.6. The van der Waals surface area contributed by atoms with Gasteiger partial charge in [0.15, 0.2) is 15.6 Å². The standard InChI is InChI=1S/C12H17ClO4S/c1-12(2,7-14)8-5-9(13)11(17-3)10(6-8)18(4,15)16/h5-6,14H,7H2,1-4H3. The first-order valence-corrected chi connectivity index (χ1v) is 7.59. The fraction of sp³-hybridized carbons (Fsp3) is 0.500. The molecule has 0 heterocycles. The van der Waals surface area contributed by atoms with E-state index in [0.29, 0.717) is 5.56 Å². The van der Waals surface area contributed by atoms with Crippen LogP contribution in [0.3, 0.4) is 0 Å². The summed E-state index contributed by atoms with van der Waals surface area (Å²) in [6.45, 7) is 3.49. The molecule has 0 amide bonds. The van der Waals surface area contributed by atoms with Crippen LogP contribution < -0.4 is 4.74 Å². The molecule has 0 aromatic heterocycles. The van der Waals surface area contributed by atoms with E-state index < -0.39 is 15.3 Å². The summed E-state index contributed by atoms with van der Waals surface area (Å²) < 4.78 is 28.5. The summed E-state index contributed by atoms with van der Waals surface area (Å²) in [5.41, 5.74) is 0.0752. The van der Waals surface area contributed by atoms with Crippen LogP contribution >= 0.6 is 11.6 Å². The van der Waals surface area contributed by atoms with Gasteiger partial charge in [-0.1, -0.05) is 25.4 Å². The lowest BCUT2D eigenvalue weighted by Gasteiger charge is -2.24. The highest BCUT2D eigenvalue weighted by Gasteiger charge is 2.25. The molecule has 0 unspecified atom stereocenters. The summed E-state index contributed by atoms with van der Waals surface area (Å²) in [6, 6.07) is 3.11. The molecular weight excluding hydrogens is 276 g/mol. The molecule has 0 aliphatic rings. The molecule has 1 aromatic rings. The Hall–Kier alpha value is -0.780. The average molecular weight is 293 g/mol. The maximum atomic E-state index is 11.7. The summed E-state index contributed by atoms with van der Waals surface area (Å²) in [6.07, 6.45) is 1.09. The SMILES string of the molecule is COc1c(Cl)cc(C(C)(C)CO)cc1S(C)(=O)=O. The van der Waals surface area contributed by atoms with E-state index in [2.05, 4.69) is 0 Å². The first-order valence-electron chi connectivity index (χ1n) is 5.32. The van der Waals surface area contributed by atoms with Gasteiger partial charge in [-0.3, -0.25) is 0 Å². The zero-order chi connectivity index (χ0) is 14.1. The number of ether oxygens (including phenoxy) is 1. The summed E-state index contributed by atoms with van der Waals surface area (Å²) in [4.78, 5) is 0.0361. The zero-order valence-electron chi connectivity index (χ0n) is 10.8. The molecule has 0 bridgehead atoms. The highest BCUT2D eigenvalue weighted by molar-refractivity contribution is 7.90. The maximum absolute atomic E-state index is 11.7. The average Bonchev–Trinajstić information content (AvgIpc) is 2.26. The van der Waals surface area contributed by atoms with E-state index in [0.717, 1.165) is 6.26 Å². The van der Waals surface area contributed by atoms with Crippen molar-refractivity contribution in [3.63, 3.8) is 0 Å². The van der Waals surface area contributed by atoms with E-state index >= 15 is 0 Å². The molecule has 18 heavy (non-hydrogen) atoms. The van der Waals surface area contributed by atoms with Crippen LogP contribution in [0.4, 0.5) is 0 Å². The van der Waals surface area contributed by atoms with Gasteiger partial charge in [-0.2, -0.15) is 0 Å². The third-order valence-corrected chi connectivity index (χ3v) is 4.17. The zero-order valence-corrected chi connectivity index (χ0v) is 12.4. The molecule has 0 spiro atoms. The number of benzene rings is 1. The topological polar surface area (TPSA) is 63.6 Å². The number of methoxy groups -OCH3 is 1. The third-order valence-electron chi connectivity index (χ3n) is 2.79. The molecule has 0 saturated carbocycles. The van der Waals surface area contributed by atoms with Gasteiger partial charge in [0.2, 0.25) is 0 Å². The van der Waals surface area contributed by atoms with Crippen LogP contribution in [0.1, 0.15) is 19.4 Å². The van der Waals surface area contributed by atoms with Crippen LogP contribution in [0.5, 0.6) is 5.75 Å². The quantitative estimate of drug-likeness (QED) is 0.922. The van der Waals surface area contributed by atoms with Gasteiger partial charge in [0, 0.05) is 11.7 Å². The van der Waals surface area contributed by atoms with E-state index in [-0.39, 0.29) is 22.3 Å². The van der Waals surface area contributed by atoms with E-state index in [1.54, 1.807) is 19.9 Å². The minimum absolute atomic E-state index is 0.0361. The van der Waals surface area contributed by atoms with Gasteiger partial charge >= 0.3 is 0 Å². The Kier molecular flexibility index (Phi) is 4.30. The van der Waals surface area contributed by atoms with Crippen LogP contribution in [0, 0.1) is 0 Å². The first kappa shape index (κ1) is 15.3. The Bertz CT molecular complexity index is 549. The Labute approximate surface area is 112 Å². The monoisotopic (exact) mass is 292 g/mol. The Morgan fingerprint density at radius 3 is 2.33 bits per heavy atom. The van der Waals surface area contributed by atoms with E-state index in [1.165, 1.54) is 13.2 Å².